The second kappa shape index (κ2) is 12.5. The minimum absolute atomic E-state index is 0.187. The van der Waals surface area contributed by atoms with Crippen molar-refractivity contribution in [3.05, 3.63) is 40.3 Å². The summed E-state index contributed by atoms with van der Waals surface area (Å²) >= 11 is 0. The molecule has 3 aliphatic rings. The molecule has 0 radical (unpaired) electrons. The average Bonchev–Trinajstić information content (AvgIpc) is 3.37. The highest BCUT2D eigenvalue weighted by Gasteiger charge is 2.36. The first-order chi connectivity index (χ1) is 20.4. The molecule has 0 spiro atoms. The van der Waals surface area contributed by atoms with Crippen LogP contribution in [0.2, 0.25) is 0 Å². The zero-order chi connectivity index (χ0) is 30.9. The van der Waals surface area contributed by atoms with Gasteiger partial charge >= 0.3 is 12.1 Å². The standard InChI is InChI=1S/C32H44FN7O3/c1-21-9-10-26(33)22(2)28(21)38-15-12-25-27(19-38)35-30(42-20-24-8-7-14-37(24)6)36-29(25)39-16-17-40(23(18-39)11-13-34)31(41)43-32(3,4)5/h9-10,23-24H,7-8,11-12,14-20H2,1-6H3/t23-,24-/m0/s1. The van der Waals surface area contributed by atoms with E-state index >= 15 is 0 Å². The molecule has 1 amide bonds. The van der Waals surface area contributed by atoms with Crippen LogP contribution in [-0.2, 0) is 17.7 Å². The zero-order valence-electron chi connectivity index (χ0n) is 26.3. The molecule has 2 fully saturated rings. The van der Waals surface area contributed by atoms with E-state index in [4.69, 9.17) is 19.4 Å². The molecule has 2 aromatic rings. The van der Waals surface area contributed by atoms with Gasteiger partial charge in [-0.15, -0.1) is 0 Å². The normalized spacial score (nSPS) is 21.0. The van der Waals surface area contributed by atoms with Crippen molar-refractivity contribution in [2.75, 3.05) is 56.2 Å². The van der Waals surface area contributed by atoms with E-state index in [9.17, 15) is 14.4 Å². The largest absolute Gasteiger partial charge is 0.462 e. The monoisotopic (exact) mass is 593 g/mol. The number of hydrogen-bond donors (Lipinski definition) is 0. The van der Waals surface area contributed by atoms with E-state index in [1.807, 2.05) is 40.7 Å². The SMILES string of the molecule is Cc1ccc(F)c(C)c1N1CCc2c(nc(OC[C@@H]3CCCN3C)nc2N2CCN(C(=O)OC(C)(C)C)[C@@H](CC#N)C2)C1. The van der Waals surface area contributed by atoms with E-state index in [1.54, 1.807) is 4.90 Å². The van der Waals surface area contributed by atoms with Crippen molar-refractivity contribution in [1.82, 2.24) is 19.8 Å². The minimum atomic E-state index is -0.624. The molecule has 43 heavy (non-hydrogen) atoms. The maximum Gasteiger partial charge on any atom is 0.410 e. The van der Waals surface area contributed by atoms with E-state index in [1.165, 1.54) is 6.07 Å². The molecule has 2 atom stereocenters. The van der Waals surface area contributed by atoms with E-state index in [2.05, 4.69) is 27.8 Å². The predicted molar refractivity (Wildman–Crippen MR) is 163 cm³/mol. The summed E-state index contributed by atoms with van der Waals surface area (Å²) in [6, 6.07) is 5.90. The first-order valence-electron chi connectivity index (χ1n) is 15.3. The maximum absolute atomic E-state index is 14.6. The molecule has 1 aromatic carbocycles. The number of fused-ring (bicyclic) bond motifs is 1. The molecule has 10 nitrogen and oxygen atoms in total. The van der Waals surface area contributed by atoms with Crippen molar-refractivity contribution in [1.29, 1.82) is 5.26 Å². The van der Waals surface area contributed by atoms with Crippen molar-refractivity contribution in [3.63, 3.8) is 0 Å². The molecular formula is C32H44FN7O3. The third-order valence-corrected chi connectivity index (χ3v) is 8.72. The number of rotatable bonds is 6. The number of likely N-dealkylation sites (N-methyl/N-ethyl adjacent to an activating group) is 1. The van der Waals surface area contributed by atoms with Gasteiger partial charge in [0.2, 0.25) is 0 Å². The quantitative estimate of drug-likeness (QED) is 0.476. The molecule has 0 saturated carbocycles. The molecular weight excluding hydrogens is 549 g/mol. The zero-order valence-corrected chi connectivity index (χ0v) is 26.3. The van der Waals surface area contributed by atoms with Crippen LogP contribution in [0.5, 0.6) is 6.01 Å². The minimum Gasteiger partial charge on any atom is -0.462 e. The number of amides is 1. The molecule has 11 heteroatoms. The Kier molecular flexibility index (Phi) is 8.97. The van der Waals surface area contributed by atoms with Crippen LogP contribution in [0.15, 0.2) is 12.1 Å². The Morgan fingerprint density at radius 1 is 1.12 bits per heavy atom. The Bertz CT molecular complexity index is 1390. The third kappa shape index (κ3) is 6.80. The van der Waals surface area contributed by atoms with Crippen molar-refractivity contribution >= 4 is 17.6 Å². The number of likely N-dealkylation sites (tertiary alicyclic amines) is 1. The average molecular weight is 594 g/mol. The number of benzene rings is 1. The lowest BCUT2D eigenvalue weighted by molar-refractivity contribution is 0.0144. The topological polar surface area (TPSA) is 98.1 Å². The lowest BCUT2D eigenvalue weighted by Gasteiger charge is -2.42. The van der Waals surface area contributed by atoms with Gasteiger partial charge in [0, 0.05) is 49.0 Å². The first kappa shape index (κ1) is 30.8. The van der Waals surface area contributed by atoms with Crippen LogP contribution in [0, 0.1) is 31.0 Å². The Balaban J connectivity index is 1.45. The van der Waals surface area contributed by atoms with Gasteiger partial charge in [-0.3, -0.25) is 0 Å². The summed E-state index contributed by atoms with van der Waals surface area (Å²) in [6.45, 7) is 13.5. The van der Waals surface area contributed by atoms with Crippen LogP contribution < -0.4 is 14.5 Å². The first-order valence-corrected chi connectivity index (χ1v) is 15.3. The fourth-order valence-electron chi connectivity index (χ4n) is 6.45. The van der Waals surface area contributed by atoms with E-state index in [-0.39, 0.29) is 18.3 Å². The fraction of sp³-hybridized carbons (Fsp3) is 0.625. The Hall–Kier alpha value is -3.65. The number of halogens is 1. The number of nitriles is 1. The molecule has 1 aromatic heterocycles. The highest BCUT2D eigenvalue weighted by atomic mass is 19.1. The van der Waals surface area contributed by atoms with Gasteiger partial charge in [0.1, 0.15) is 23.8 Å². The van der Waals surface area contributed by atoms with Crippen molar-refractivity contribution in [3.8, 4) is 12.1 Å². The van der Waals surface area contributed by atoms with Gasteiger partial charge in [-0.25, -0.2) is 9.18 Å². The van der Waals surface area contributed by atoms with Gasteiger partial charge in [0.15, 0.2) is 0 Å². The lowest BCUT2D eigenvalue weighted by atomic mass is 10.00. The lowest BCUT2D eigenvalue weighted by Crippen LogP contribution is -2.56. The molecule has 232 valence electrons. The van der Waals surface area contributed by atoms with Gasteiger partial charge in [-0.1, -0.05) is 6.07 Å². The van der Waals surface area contributed by atoms with Gasteiger partial charge in [-0.05, 0) is 79.1 Å². The van der Waals surface area contributed by atoms with Crippen LogP contribution in [0.4, 0.5) is 20.7 Å². The number of ether oxygens (including phenoxy) is 2. The summed E-state index contributed by atoms with van der Waals surface area (Å²) < 4.78 is 26.5. The summed E-state index contributed by atoms with van der Waals surface area (Å²) in [5, 5.41) is 9.61. The number of anilines is 2. The molecule has 0 unspecified atom stereocenters. The number of aromatic nitrogens is 2. The smallest absolute Gasteiger partial charge is 0.410 e. The fourth-order valence-corrected chi connectivity index (χ4v) is 6.45. The van der Waals surface area contributed by atoms with Crippen molar-refractivity contribution in [2.24, 2.45) is 0 Å². The molecule has 4 heterocycles. The summed E-state index contributed by atoms with van der Waals surface area (Å²) in [6.07, 6.45) is 2.68. The van der Waals surface area contributed by atoms with Crippen LogP contribution in [0.3, 0.4) is 0 Å². The van der Waals surface area contributed by atoms with Crippen LogP contribution in [-0.4, -0.2) is 89.9 Å². The third-order valence-electron chi connectivity index (χ3n) is 8.72. The molecule has 0 bridgehead atoms. The van der Waals surface area contributed by atoms with Gasteiger partial charge in [-0.2, -0.15) is 15.2 Å². The summed E-state index contributed by atoms with van der Waals surface area (Å²) in [4.78, 5) is 31.2. The predicted octanol–water partition coefficient (Wildman–Crippen LogP) is 4.61. The van der Waals surface area contributed by atoms with E-state index in [0.29, 0.717) is 63.4 Å². The van der Waals surface area contributed by atoms with E-state index < -0.39 is 11.7 Å². The van der Waals surface area contributed by atoms with E-state index in [0.717, 1.165) is 47.7 Å². The Morgan fingerprint density at radius 3 is 2.60 bits per heavy atom. The second-order valence-electron chi connectivity index (χ2n) is 13.0. The highest BCUT2D eigenvalue weighted by molar-refractivity contribution is 5.69. The molecule has 2 saturated heterocycles. The number of carbonyl (C=O) groups is 1. The molecule has 3 aliphatic heterocycles. The summed E-state index contributed by atoms with van der Waals surface area (Å²) in [7, 11) is 2.11. The van der Waals surface area contributed by atoms with Crippen LogP contribution >= 0.6 is 0 Å². The van der Waals surface area contributed by atoms with Gasteiger partial charge in [0.25, 0.3) is 0 Å². The van der Waals surface area contributed by atoms with Crippen molar-refractivity contribution < 1.29 is 18.7 Å². The number of aryl methyl sites for hydroxylation is 1. The highest BCUT2D eigenvalue weighted by Crippen LogP contribution is 2.35. The Labute approximate surface area is 254 Å². The number of carbonyl (C=O) groups excluding carboxylic acids is 1. The van der Waals surface area contributed by atoms with Gasteiger partial charge in [0.05, 0.1) is 30.8 Å². The Morgan fingerprint density at radius 2 is 1.91 bits per heavy atom. The van der Waals surface area contributed by atoms with Crippen LogP contribution in [0.1, 0.15) is 62.4 Å². The summed E-state index contributed by atoms with van der Waals surface area (Å²) in [5.41, 5.74) is 3.84. The molecule has 0 N–H and O–H groups in total. The van der Waals surface area contributed by atoms with Crippen molar-refractivity contribution in [2.45, 2.75) is 84.5 Å². The number of hydrogen-bond acceptors (Lipinski definition) is 9. The molecule has 5 rings (SSSR count). The molecule has 0 aliphatic carbocycles. The number of nitrogens with zero attached hydrogens (tertiary/aromatic N) is 7. The van der Waals surface area contributed by atoms with Gasteiger partial charge < -0.3 is 29.1 Å². The number of piperazine rings is 1. The summed E-state index contributed by atoms with van der Waals surface area (Å²) in [5.74, 6) is 0.574. The maximum atomic E-state index is 14.6. The second-order valence-corrected chi connectivity index (χ2v) is 13.0. The van der Waals surface area contributed by atoms with Crippen LogP contribution in [0.25, 0.3) is 0 Å².